The number of sulfonamides is 2. The highest BCUT2D eigenvalue weighted by atomic mass is 35.5. The predicted molar refractivity (Wildman–Crippen MR) is 50.2 cm³/mol. The lowest BCUT2D eigenvalue weighted by Gasteiger charge is -2.17. The third-order valence-corrected chi connectivity index (χ3v) is 2.87. The van der Waals surface area contributed by atoms with E-state index in [9.17, 15) is 16.8 Å². The summed E-state index contributed by atoms with van der Waals surface area (Å²) in [4.78, 5) is 1.83. The van der Waals surface area contributed by atoms with Gasteiger partial charge in [0.05, 0.1) is 12.5 Å². The minimum atomic E-state index is -3.60. The van der Waals surface area contributed by atoms with Crippen LogP contribution < -0.4 is 4.83 Å². The Kier molecular flexibility index (Phi) is 4.60. The molecule has 0 aromatic carbocycles. The standard InChI is InChI=1S/C4H11ClN2O4S2/c1-12(8,9)6-7(4-3-5)13(2,10)11/h6H,3-4H2,1-2H3. The predicted octanol–water partition coefficient (Wildman–Crippen LogP) is -1.05. The van der Waals surface area contributed by atoms with E-state index in [0.29, 0.717) is 4.41 Å². The lowest BCUT2D eigenvalue weighted by atomic mass is 10.8. The molecule has 0 aromatic heterocycles. The van der Waals surface area contributed by atoms with Crippen molar-refractivity contribution < 1.29 is 16.8 Å². The summed E-state index contributed by atoms with van der Waals surface area (Å²) in [6.07, 6.45) is 1.75. The van der Waals surface area contributed by atoms with Crippen LogP contribution in [0.25, 0.3) is 0 Å². The van der Waals surface area contributed by atoms with E-state index in [1.807, 2.05) is 4.83 Å². The molecule has 0 atom stereocenters. The molecule has 6 nitrogen and oxygen atoms in total. The van der Waals surface area contributed by atoms with Crippen molar-refractivity contribution in [3.63, 3.8) is 0 Å². The van der Waals surface area contributed by atoms with Crippen molar-refractivity contribution in [2.45, 2.75) is 0 Å². The number of nitrogens with zero attached hydrogens (tertiary/aromatic N) is 1. The second-order valence-corrected chi connectivity index (χ2v) is 6.40. The first-order valence-electron chi connectivity index (χ1n) is 3.18. The molecule has 0 aliphatic rings. The van der Waals surface area contributed by atoms with Crippen LogP contribution in [0.1, 0.15) is 0 Å². The molecular weight excluding hydrogens is 240 g/mol. The van der Waals surface area contributed by atoms with Crippen LogP contribution in [0.4, 0.5) is 0 Å². The van der Waals surface area contributed by atoms with Crippen molar-refractivity contribution in [1.29, 1.82) is 0 Å². The molecule has 0 unspecified atom stereocenters. The molecule has 0 saturated heterocycles. The molecule has 9 heteroatoms. The molecule has 0 aromatic rings. The van der Waals surface area contributed by atoms with Crippen molar-refractivity contribution in [2.75, 3.05) is 24.9 Å². The minimum Gasteiger partial charge on any atom is -0.211 e. The number of nitrogens with one attached hydrogen (secondary N) is 1. The number of hydrogen-bond donors (Lipinski definition) is 1. The van der Waals surface area contributed by atoms with Crippen LogP contribution in [0.2, 0.25) is 0 Å². The summed E-state index contributed by atoms with van der Waals surface area (Å²) in [6.45, 7) is -0.104. The Hall–Kier alpha value is 0.110. The number of alkyl halides is 1. The number of rotatable bonds is 5. The fraction of sp³-hybridized carbons (Fsp3) is 1.00. The Morgan fingerprint density at radius 1 is 1.23 bits per heavy atom. The Morgan fingerprint density at radius 3 is 1.92 bits per heavy atom. The third kappa shape index (κ3) is 6.22. The second kappa shape index (κ2) is 4.56. The van der Waals surface area contributed by atoms with Crippen LogP contribution in [-0.4, -0.2) is 46.2 Å². The number of halogens is 1. The van der Waals surface area contributed by atoms with E-state index in [2.05, 4.69) is 0 Å². The maximum Gasteiger partial charge on any atom is 0.224 e. The minimum absolute atomic E-state index is 0.00951. The number of hydrazine groups is 1. The molecule has 0 heterocycles. The summed E-state index contributed by atoms with van der Waals surface area (Å²) in [6, 6.07) is 0. The van der Waals surface area contributed by atoms with Gasteiger partial charge < -0.3 is 0 Å². The fourth-order valence-electron chi connectivity index (χ4n) is 0.541. The molecule has 0 aliphatic carbocycles. The van der Waals surface area contributed by atoms with Crippen molar-refractivity contribution in [3.8, 4) is 0 Å². The smallest absolute Gasteiger partial charge is 0.211 e. The zero-order valence-electron chi connectivity index (χ0n) is 7.19. The Bertz CT molecular complexity index is 348. The molecule has 0 rings (SSSR count). The molecule has 0 bridgehead atoms. The summed E-state index contributed by atoms with van der Waals surface area (Å²) in [5.74, 6) is 0.00951. The third-order valence-electron chi connectivity index (χ3n) is 0.956. The van der Waals surface area contributed by atoms with Gasteiger partial charge in [0.2, 0.25) is 20.0 Å². The maximum absolute atomic E-state index is 10.9. The molecule has 13 heavy (non-hydrogen) atoms. The van der Waals surface area contributed by atoms with E-state index in [-0.39, 0.29) is 12.4 Å². The summed E-state index contributed by atoms with van der Waals surface area (Å²) < 4.78 is 43.9. The molecule has 1 N–H and O–H groups in total. The van der Waals surface area contributed by atoms with Crippen LogP contribution in [0.3, 0.4) is 0 Å². The van der Waals surface area contributed by atoms with Crippen molar-refractivity contribution in [1.82, 2.24) is 9.25 Å². The molecular formula is C4H11ClN2O4S2. The molecule has 0 radical (unpaired) electrons. The normalized spacial score (nSPS) is 13.5. The van der Waals surface area contributed by atoms with Gasteiger partial charge in [-0.1, -0.05) is 0 Å². The zero-order chi connectivity index (χ0) is 10.7. The Morgan fingerprint density at radius 2 is 1.69 bits per heavy atom. The largest absolute Gasteiger partial charge is 0.224 e. The van der Waals surface area contributed by atoms with Gasteiger partial charge in [-0.2, -0.15) is 0 Å². The monoisotopic (exact) mass is 250 g/mol. The van der Waals surface area contributed by atoms with Gasteiger partial charge in [-0.3, -0.25) is 0 Å². The molecule has 0 amide bonds. The van der Waals surface area contributed by atoms with Crippen LogP contribution >= 0.6 is 11.6 Å². The van der Waals surface area contributed by atoms with Crippen LogP contribution in [0.5, 0.6) is 0 Å². The first kappa shape index (κ1) is 13.1. The molecule has 0 fully saturated rings. The summed E-state index contributed by atoms with van der Waals surface area (Å²) in [5.41, 5.74) is 0. The van der Waals surface area contributed by atoms with Crippen molar-refractivity contribution in [3.05, 3.63) is 0 Å². The maximum atomic E-state index is 10.9. The average Bonchev–Trinajstić information content (AvgIpc) is 1.81. The highest BCUT2D eigenvalue weighted by Crippen LogP contribution is 1.95. The van der Waals surface area contributed by atoms with Crippen LogP contribution in [0, 0.1) is 0 Å². The van der Waals surface area contributed by atoms with E-state index in [1.165, 1.54) is 0 Å². The molecule has 0 spiro atoms. The van der Waals surface area contributed by atoms with Gasteiger partial charge in [-0.15, -0.1) is 20.8 Å². The average molecular weight is 251 g/mol. The Labute approximate surface area is 82.9 Å². The zero-order valence-corrected chi connectivity index (χ0v) is 9.58. The van der Waals surface area contributed by atoms with E-state index in [1.54, 1.807) is 0 Å². The van der Waals surface area contributed by atoms with Gasteiger partial charge in [0.25, 0.3) is 0 Å². The number of hydrogen-bond acceptors (Lipinski definition) is 4. The van der Waals surface area contributed by atoms with Crippen LogP contribution in [-0.2, 0) is 20.0 Å². The van der Waals surface area contributed by atoms with Gasteiger partial charge in [-0.25, -0.2) is 16.8 Å². The first-order chi connectivity index (χ1) is 5.67. The van der Waals surface area contributed by atoms with Gasteiger partial charge in [-0.05, 0) is 0 Å². The summed E-state index contributed by atoms with van der Waals surface area (Å²) in [5, 5.41) is 0. The van der Waals surface area contributed by atoms with E-state index in [0.717, 1.165) is 12.5 Å². The summed E-state index contributed by atoms with van der Waals surface area (Å²) in [7, 11) is -7.19. The van der Waals surface area contributed by atoms with Gasteiger partial charge in [0.1, 0.15) is 0 Å². The topological polar surface area (TPSA) is 83.6 Å². The lowest BCUT2D eigenvalue weighted by molar-refractivity contribution is 0.398. The van der Waals surface area contributed by atoms with Crippen molar-refractivity contribution in [2.24, 2.45) is 0 Å². The molecule has 0 saturated carbocycles. The summed E-state index contributed by atoms with van der Waals surface area (Å²) >= 11 is 5.29. The SMILES string of the molecule is CS(=O)(=O)NN(CCCl)S(C)(=O)=O. The van der Waals surface area contributed by atoms with E-state index in [4.69, 9.17) is 11.6 Å². The van der Waals surface area contributed by atoms with E-state index >= 15 is 0 Å². The van der Waals surface area contributed by atoms with Gasteiger partial charge in [0, 0.05) is 12.4 Å². The van der Waals surface area contributed by atoms with Crippen molar-refractivity contribution >= 4 is 31.6 Å². The highest BCUT2D eigenvalue weighted by Gasteiger charge is 2.19. The quantitative estimate of drug-likeness (QED) is 0.499. The highest BCUT2D eigenvalue weighted by molar-refractivity contribution is 7.91. The fourth-order valence-corrected chi connectivity index (χ4v) is 2.64. The Balaban J connectivity index is 4.66. The lowest BCUT2D eigenvalue weighted by Crippen LogP contribution is -2.46. The van der Waals surface area contributed by atoms with Gasteiger partial charge >= 0.3 is 0 Å². The van der Waals surface area contributed by atoms with E-state index < -0.39 is 20.0 Å². The van der Waals surface area contributed by atoms with Crippen LogP contribution in [0.15, 0.2) is 0 Å². The molecule has 0 aliphatic heterocycles. The van der Waals surface area contributed by atoms with Gasteiger partial charge in [0.15, 0.2) is 0 Å². The first-order valence-corrected chi connectivity index (χ1v) is 7.45. The second-order valence-electron chi connectivity index (χ2n) is 2.39. The molecule has 80 valence electrons.